The van der Waals surface area contributed by atoms with Crippen molar-refractivity contribution in [2.75, 3.05) is 24.0 Å². The maximum atomic E-state index is 13.5. The van der Waals surface area contributed by atoms with E-state index in [1.807, 2.05) is 30.3 Å². The molecule has 2 amide bonds. The molecule has 0 saturated heterocycles. The Morgan fingerprint density at radius 1 is 0.884 bits per heavy atom. The summed E-state index contributed by atoms with van der Waals surface area (Å²) in [5.41, 5.74) is 4.98. The molecule has 222 valence electrons. The van der Waals surface area contributed by atoms with Crippen molar-refractivity contribution in [3.63, 3.8) is 0 Å². The Morgan fingerprint density at radius 2 is 1.56 bits per heavy atom. The maximum absolute atomic E-state index is 13.5. The van der Waals surface area contributed by atoms with E-state index >= 15 is 0 Å². The van der Waals surface area contributed by atoms with Gasteiger partial charge >= 0.3 is 0 Å². The van der Waals surface area contributed by atoms with Crippen molar-refractivity contribution < 1.29 is 22.7 Å². The van der Waals surface area contributed by atoms with Crippen LogP contribution in [0.3, 0.4) is 0 Å². The van der Waals surface area contributed by atoms with Crippen molar-refractivity contribution in [1.82, 2.24) is 10.7 Å². The molecule has 4 aromatic rings. The molecule has 0 spiro atoms. The molecular weight excluding hydrogens is 588 g/mol. The quantitative estimate of drug-likeness (QED) is 0.166. The van der Waals surface area contributed by atoms with Gasteiger partial charge in [-0.05, 0) is 78.6 Å². The van der Waals surface area contributed by atoms with Crippen molar-refractivity contribution in [1.29, 1.82) is 0 Å². The van der Waals surface area contributed by atoms with E-state index in [4.69, 9.17) is 16.3 Å². The van der Waals surface area contributed by atoms with E-state index in [0.717, 1.165) is 16.3 Å². The lowest BCUT2D eigenvalue weighted by molar-refractivity contribution is -0.123. The van der Waals surface area contributed by atoms with Gasteiger partial charge in [-0.15, -0.1) is 0 Å². The van der Waals surface area contributed by atoms with Crippen LogP contribution >= 0.6 is 11.6 Å². The number of nitrogens with one attached hydrogen (secondary N) is 2. The second-order valence-electron chi connectivity index (χ2n) is 9.45. The molecule has 2 N–H and O–H groups in total. The monoisotopic (exact) mass is 618 g/mol. The van der Waals surface area contributed by atoms with Crippen LogP contribution in [0, 0.1) is 6.92 Å². The van der Waals surface area contributed by atoms with Gasteiger partial charge in [0, 0.05) is 11.6 Å². The second kappa shape index (κ2) is 15.0. The molecule has 0 aliphatic rings. The molecule has 0 aromatic heterocycles. The van der Waals surface area contributed by atoms with Gasteiger partial charge in [-0.3, -0.25) is 13.9 Å². The van der Waals surface area contributed by atoms with E-state index < -0.39 is 22.5 Å². The molecular formula is C32H31ClN4O5S. The number of halogens is 1. The number of hydrogen-bond acceptors (Lipinski definition) is 6. The molecule has 0 atom stereocenters. The summed E-state index contributed by atoms with van der Waals surface area (Å²) in [6.45, 7) is 1.57. The first-order valence-electron chi connectivity index (χ1n) is 13.4. The molecule has 0 saturated carbocycles. The summed E-state index contributed by atoms with van der Waals surface area (Å²) in [6.07, 6.45) is 2.15. The van der Waals surface area contributed by atoms with Gasteiger partial charge in [0.1, 0.15) is 12.3 Å². The standard InChI is InChI=1S/C32H31ClN4O5S/c1-24-29(33)13-8-14-30(24)37(43(40,41)28-11-6-3-7-12-28)22-31(38)36-35-21-26-15-17-27(18-16-26)42-23-32(39)34-20-19-25-9-4-2-5-10-25/h2-18,21H,19-20,22-23H2,1H3,(H,34,39)(H,36,38)/b35-21-. The number of hydrazone groups is 1. The highest BCUT2D eigenvalue weighted by Gasteiger charge is 2.28. The van der Waals surface area contributed by atoms with Gasteiger partial charge in [-0.1, -0.05) is 66.2 Å². The Balaban J connectivity index is 1.31. The summed E-state index contributed by atoms with van der Waals surface area (Å²) in [5, 5.41) is 7.17. The third kappa shape index (κ3) is 8.91. The number of carbonyl (C=O) groups excluding carboxylic acids is 2. The number of nitrogens with zero attached hydrogens (tertiary/aromatic N) is 2. The van der Waals surface area contributed by atoms with E-state index in [2.05, 4.69) is 15.8 Å². The Labute approximate surface area is 256 Å². The predicted octanol–water partition coefficient (Wildman–Crippen LogP) is 4.73. The molecule has 43 heavy (non-hydrogen) atoms. The lowest BCUT2D eigenvalue weighted by Gasteiger charge is -2.25. The third-order valence-electron chi connectivity index (χ3n) is 6.36. The fraction of sp³-hybridized carbons (Fsp3) is 0.156. The van der Waals surface area contributed by atoms with Crippen LogP contribution < -0.4 is 19.8 Å². The zero-order valence-corrected chi connectivity index (χ0v) is 25.0. The topological polar surface area (TPSA) is 117 Å². The van der Waals surface area contributed by atoms with Crippen molar-refractivity contribution in [2.24, 2.45) is 5.10 Å². The number of sulfonamides is 1. The number of hydrogen-bond donors (Lipinski definition) is 2. The molecule has 4 aromatic carbocycles. The molecule has 4 rings (SSSR count). The summed E-state index contributed by atoms with van der Waals surface area (Å²) in [5.74, 6) is -0.369. The molecule has 0 heterocycles. The molecule has 9 nitrogen and oxygen atoms in total. The molecule has 11 heteroatoms. The number of ether oxygens (including phenoxy) is 1. The molecule has 0 bridgehead atoms. The Bertz CT molecular complexity index is 1670. The van der Waals surface area contributed by atoms with Crippen LogP contribution in [0.25, 0.3) is 0 Å². The minimum absolute atomic E-state index is 0.0395. The van der Waals surface area contributed by atoms with Gasteiger partial charge in [0.2, 0.25) is 0 Å². The van der Waals surface area contributed by atoms with E-state index in [1.54, 1.807) is 67.6 Å². The van der Waals surface area contributed by atoms with Gasteiger partial charge in [0.15, 0.2) is 6.61 Å². The van der Waals surface area contributed by atoms with E-state index in [0.29, 0.717) is 28.4 Å². The minimum Gasteiger partial charge on any atom is -0.484 e. The zero-order valence-electron chi connectivity index (χ0n) is 23.4. The van der Waals surface area contributed by atoms with E-state index in [1.165, 1.54) is 18.3 Å². The summed E-state index contributed by atoms with van der Waals surface area (Å²) in [6, 6.07) is 29.4. The van der Waals surface area contributed by atoms with Crippen LogP contribution in [0.1, 0.15) is 16.7 Å². The molecule has 0 aliphatic heterocycles. The number of rotatable bonds is 13. The van der Waals surface area contributed by atoms with Crippen molar-refractivity contribution in [2.45, 2.75) is 18.2 Å². The minimum atomic E-state index is -4.08. The average molecular weight is 619 g/mol. The fourth-order valence-electron chi connectivity index (χ4n) is 4.07. The summed E-state index contributed by atoms with van der Waals surface area (Å²) < 4.78 is 33.5. The number of anilines is 1. The molecule has 0 radical (unpaired) electrons. The zero-order chi connectivity index (χ0) is 30.7. The number of amides is 2. The van der Waals surface area contributed by atoms with Gasteiger partial charge < -0.3 is 10.1 Å². The Morgan fingerprint density at radius 3 is 2.26 bits per heavy atom. The lowest BCUT2D eigenvalue weighted by Crippen LogP contribution is -2.40. The SMILES string of the molecule is Cc1c(Cl)cccc1N(CC(=O)N/N=C\c1ccc(OCC(=O)NCCc2ccccc2)cc1)S(=O)(=O)c1ccccc1. The van der Waals surface area contributed by atoms with Crippen LogP contribution in [-0.2, 0) is 26.0 Å². The Hall–Kier alpha value is -4.67. The van der Waals surface area contributed by atoms with Gasteiger partial charge in [-0.25, -0.2) is 13.8 Å². The van der Waals surface area contributed by atoms with Crippen LogP contribution in [-0.4, -0.2) is 46.1 Å². The first-order valence-corrected chi connectivity index (χ1v) is 15.2. The first-order chi connectivity index (χ1) is 20.7. The second-order valence-corrected chi connectivity index (χ2v) is 11.7. The Kier molecular flexibility index (Phi) is 10.9. The normalized spacial score (nSPS) is 11.2. The maximum Gasteiger partial charge on any atom is 0.264 e. The number of benzene rings is 4. The van der Waals surface area contributed by atoms with Crippen molar-refractivity contribution >= 4 is 45.3 Å². The largest absolute Gasteiger partial charge is 0.484 e. The highest BCUT2D eigenvalue weighted by molar-refractivity contribution is 7.92. The van der Waals surface area contributed by atoms with Crippen molar-refractivity contribution in [3.8, 4) is 5.75 Å². The summed E-state index contributed by atoms with van der Waals surface area (Å²) in [4.78, 5) is 24.9. The van der Waals surface area contributed by atoms with Crippen LogP contribution in [0.5, 0.6) is 5.75 Å². The molecule has 0 aliphatic carbocycles. The van der Waals surface area contributed by atoms with Crippen LogP contribution in [0.15, 0.2) is 113 Å². The van der Waals surface area contributed by atoms with Crippen LogP contribution in [0.4, 0.5) is 5.69 Å². The smallest absolute Gasteiger partial charge is 0.264 e. The van der Waals surface area contributed by atoms with Crippen molar-refractivity contribution in [3.05, 3.63) is 125 Å². The fourth-order valence-corrected chi connectivity index (χ4v) is 5.74. The van der Waals surface area contributed by atoms with Gasteiger partial charge in [-0.2, -0.15) is 5.10 Å². The molecule has 0 unspecified atom stereocenters. The highest BCUT2D eigenvalue weighted by atomic mass is 35.5. The molecule has 0 fully saturated rings. The average Bonchev–Trinajstić information content (AvgIpc) is 3.02. The van der Waals surface area contributed by atoms with E-state index in [9.17, 15) is 18.0 Å². The summed E-state index contributed by atoms with van der Waals surface area (Å²) >= 11 is 6.26. The first kappa shape index (κ1) is 31.3. The highest BCUT2D eigenvalue weighted by Crippen LogP contribution is 2.30. The predicted molar refractivity (Wildman–Crippen MR) is 168 cm³/mol. The lowest BCUT2D eigenvalue weighted by atomic mass is 10.1. The third-order valence-corrected chi connectivity index (χ3v) is 8.54. The van der Waals surface area contributed by atoms with Crippen LogP contribution in [0.2, 0.25) is 5.02 Å². The van der Waals surface area contributed by atoms with E-state index in [-0.39, 0.29) is 23.1 Å². The number of carbonyl (C=O) groups is 2. The summed E-state index contributed by atoms with van der Waals surface area (Å²) in [7, 11) is -4.08. The van der Waals surface area contributed by atoms with Gasteiger partial charge in [0.05, 0.1) is 16.8 Å². The van der Waals surface area contributed by atoms with Gasteiger partial charge in [0.25, 0.3) is 21.8 Å².